The highest BCUT2D eigenvalue weighted by Gasteiger charge is 2.23. The van der Waals surface area contributed by atoms with Gasteiger partial charge in [-0.25, -0.2) is 9.59 Å². The number of nitrogens with one attached hydrogen (secondary N) is 2. The molecule has 6 nitrogen and oxygen atoms in total. The summed E-state index contributed by atoms with van der Waals surface area (Å²) >= 11 is 1.64. The van der Waals surface area contributed by atoms with Gasteiger partial charge in [-0.3, -0.25) is 10.1 Å². The maximum absolute atomic E-state index is 11.9. The SMILES string of the molecule is CSc1ccc(/C=C/C(=O)OCC(=O)NC(=O)N[C@@H]2CCCC[C@@H]2C)cc1. The Morgan fingerprint density at radius 2 is 1.89 bits per heavy atom. The Morgan fingerprint density at radius 1 is 1.19 bits per heavy atom. The van der Waals surface area contributed by atoms with Crippen molar-refractivity contribution < 1.29 is 19.1 Å². The van der Waals surface area contributed by atoms with Crippen LogP contribution in [0.4, 0.5) is 4.79 Å². The minimum atomic E-state index is -0.651. The second-order valence-electron chi connectivity index (χ2n) is 6.60. The van der Waals surface area contributed by atoms with Gasteiger partial charge in [0.15, 0.2) is 6.61 Å². The molecular formula is C20H26N2O4S. The summed E-state index contributed by atoms with van der Waals surface area (Å²) in [6.07, 6.45) is 9.09. The van der Waals surface area contributed by atoms with E-state index in [2.05, 4.69) is 17.6 Å². The summed E-state index contributed by atoms with van der Waals surface area (Å²) in [6, 6.07) is 7.22. The number of thioether (sulfide) groups is 1. The van der Waals surface area contributed by atoms with Gasteiger partial charge >= 0.3 is 12.0 Å². The number of urea groups is 1. The number of esters is 1. The molecule has 1 aliphatic carbocycles. The van der Waals surface area contributed by atoms with E-state index in [0.717, 1.165) is 29.7 Å². The maximum Gasteiger partial charge on any atom is 0.331 e. The van der Waals surface area contributed by atoms with Gasteiger partial charge < -0.3 is 10.1 Å². The van der Waals surface area contributed by atoms with E-state index in [0.29, 0.717) is 5.92 Å². The minimum Gasteiger partial charge on any atom is -0.452 e. The molecule has 27 heavy (non-hydrogen) atoms. The molecule has 0 radical (unpaired) electrons. The molecule has 3 amide bonds. The number of carbonyl (C=O) groups excluding carboxylic acids is 3. The molecular weight excluding hydrogens is 364 g/mol. The van der Waals surface area contributed by atoms with E-state index in [-0.39, 0.29) is 6.04 Å². The first-order chi connectivity index (χ1) is 13.0. The molecule has 2 rings (SSSR count). The second kappa shape index (κ2) is 10.8. The monoisotopic (exact) mass is 390 g/mol. The van der Waals surface area contributed by atoms with E-state index in [1.165, 1.54) is 12.5 Å². The predicted molar refractivity (Wildman–Crippen MR) is 106 cm³/mol. The van der Waals surface area contributed by atoms with Gasteiger partial charge in [-0.15, -0.1) is 11.8 Å². The third-order valence-corrected chi connectivity index (χ3v) is 5.30. The van der Waals surface area contributed by atoms with Crippen molar-refractivity contribution >= 4 is 35.7 Å². The topological polar surface area (TPSA) is 84.5 Å². The molecule has 146 valence electrons. The molecule has 7 heteroatoms. The average molecular weight is 391 g/mol. The summed E-state index contributed by atoms with van der Waals surface area (Å²) < 4.78 is 4.86. The Kier molecular flexibility index (Phi) is 8.39. The van der Waals surface area contributed by atoms with Gasteiger partial charge in [0, 0.05) is 17.0 Å². The maximum atomic E-state index is 11.9. The number of benzene rings is 1. The third-order valence-electron chi connectivity index (χ3n) is 4.55. The number of carbonyl (C=O) groups is 3. The van der Waals surface area contributed by atoms with Crippen LogP contribution in [0.3, 0.4) is 0 Å². The number of hydrogen-bond donors (Lipinski definition) is 2. The Balaban J connectivity index is 1.69. The molecule has 2 atom stereocenters. The summed E-state index contributed by atoms with van der Waals surface area (Å²) in [5.41, 5.74) is 0.857. The van der Waals surface area contributed by atoms with Crippen LogP contribution in [0, 0.1) is 5.92 Å². The van der Waals surface area contributed by atoms with Crippen LogP contribution in [-0.4, -0.2) is 36.8 Å². The van der Waals surface area contributed by atoms with Gasteiger partial charge in [0.25, 0.3) is 5.91 Å². The smallest absolute Gasteiger partial charge is 0.331 e. The van der Waals surface area contributed by atoms with Gasteiger partial charge in [-0.05, 0) is 48.8 Å². The first kappa shape index (κ1) is 21.0. The van der Waals surface area contributed by atoms with E-state index in [4.69, 9.17) is 4.74 Å². The highest BCUT2D eigenvalue weighted by atomic mass is 32.2. The summed E-state index contributed by atoms with van der Waals surface area (Å²) in [6.45, 7) is 1.59. The average Bonchev–Trinajstić information content (AvgIpc) is 2.67. The number of rotatable bonds is 6. The van der Waals surface area contributed by atoms with Crippen molar-refractivity contribution in [2.45, 2.75) is 43.5 Å². The molecule has 0 saturated heterocycles. The zero-order valence-electron chi connectivity index (χ0n) is 15.7. The van der Waals surface area contributed by atoms with Crippen molar-refractivity contribution in [3.63, 3.8) is 0 Å². The largest absolute Gasteiger partial charge is 0.452 e. The lowest BCUT2D eigenvalue weighted by molar-refractivity contribution is -0.143. The quantitative estimate of drug-likeness (QED) is 0.442. The van der Waals surface area contributed by atoms with Crippen LogP contribution in [0.15, 0.2) is 35.2 Å². The molecule has 1 aromatic rings. The van der Waals surface area contributed by atoms with Crippen LogP contribution in [-0.2, 0) is 14.3 Å². The molecule has 0 bridgehead atoms. The lowest BCUT2D eigenvalue weighted by Crippen LogP contribution is -2.48. The zero-order chi connectivity index (χ0) is 19.6. The van der Waals surface area contributed by atoms with Crippen molar-refractivity contribution in [1.29, 1.82) is 0 Å². The van der Waals surface area contributed by atoms with Gasteiger partial charge in [0.05, 0.1) is 0 Å². The molecule has 0 aliphatic heterocycles. The fourth-order valence-corrected chi connectivity index (χ4v) is 3.37. The van der Waals surface area contributed by atoms with Crippen LogP contribution in [0.5, 0.6) is 0 Å². The second-order valence-corrected chi connectivity index (χ2v) is 7.48. The Hall–Kier alpha value is -2.28. The van der Waals surface area contributed by atoms with Crippen molar-refractivity contribution in [2.75, 3.05) is 12.9 Å². The van der Waals surface area contributed by atoms with Gasteiger partial charge in [-0.1, -0.05) is 31.9 Å². The van der Waals surface area contributed by atoms with E-state index in [9.17, 15) is 14.4 Å². The standard InChI is InChI=1S/C20H26N2O4S/c1-14-5-3-4-6-17(14)21-20(25)22-18(23)13-26-19(24)12-9-15-7-10-16(27-2)11-8-15/h7-12,14,17H,3-6,13H2,1-2H3,(H2,21,22,23,25)/b12-9+/t14-,17+/m0/s1. The summed E-state index contributed by atoms with van der Waals surface area (Å²) in [5, 5.41) is 5.01. The van der Waals surface area contributed by atoms with Crippen molar-refractivity contribution in [3.05, 3.63) is 35.9 Å². The minimum absolute atomic E-state index is 0.0783. The van der Waals surface area contributed by atoms with Crippen molar-refractivity contribution in [1.82, 2.24) is 10.6 Å². The van der Waals surface area contributed by atoms with E-state index < -0.39 is 24.5 Å². The molecule has 0 unspecified atom stereocenters. The van der Waals surface area contributed by atoms with E-state index in [1.807, 2.05) is 30.5 Å². The van der Waals surface area contributed by atoms with Crippen LogP contribution in [0.2, 0.25) is 0 Å². The molecule has 0 spiro atoms. The van der Waals surface area contributed by atoms with Gasteiger partial charge in [-0.2, -0.15) is 0 Å². The zero-order valence-corrected chi connectivity index (χ0v) is 16.5. The molecule has 1 aromatic carbocycles. The van der Waals surface area contributed by atoms with Crippen LogP contribution in [0.1, 0.15) is 38.2 Å². The van der Waals surface area contributed by atoms with Crippen LogP contribution >= 0.6 is 11.8 Å². The van der Waals surface area contributed by atoms with Crippen molar-refractivity contribution in [2.24, 2.45) is 5.92 Å². The molecule has 2 N–H and O–H groups in total. The summed E-state index contributed by atoms with van der Waals surface area (Å²) in [7, 11) is 0. The number of imide groups is 1. The number of ether oxygens (including phenoxy) is 1. The van der Waals surface area contributed by atoms with Crippen LogP contribution in [0.25, 0.3) is 6.08 Å². The van der Waals surface area contributed by atoms with Crippen LogP contribution < -0.4 is 10.6 Å². The highest BCUT2D eigenvalue weighted by molar-refractivity contribution is 7.98. The van der Waals surface area contributed by atoms with Gasteiger partial charge in [0.1, 0.15) is 0 Å². The number of hydrogen-bond acceptors (Lipinski definition) is 5. The fourth-order valence-electron chi connectivity index (χ4n) is 2.96. The fraction of sp³-hybridized carbons (Fsp3) is 0.450. The molecule has 0 aromatic heterocycles. The molecule has 1 fully saturated rings. The molecule has 1 saturated carbocycles. The lowest BCUT2D eigenvalue weighted by atomic mass is 9.86. The predicted octanol–water partition coefficient (Wildman–Crippen LogP) is 3.37. The van der Waals surface area contributed by atoms with Crippen molar-refractivity contribution in [3.8, 4) is 0 Å². The molecule has 0 heterocycles. The Bertz CT molecular complexity index is 688. The first-order valence-corrected chi connectivity index (χ1v) is 10.3. The summed E-state index contributed by atoms with van der Waals surface area (Å²) in [5.74, 6) is -0.894. The highest BCUT2D eigenvalue weighted by Crippen LogP contribution is 2.23. The van der Waals surface area contributed by atoms with Gasteiger partial charge in [0.2, 0.25) is 0 Å². The number of amides is 3. The Morgan fingerprint density at radius 3 is 2.56 bits per heavy atom. The summed E-state index contributed by atoms with van der Waals surface area (Å²) in [4.78, 5) is 36.5. The lowest BCUT2D eigenvalue weighted by Gasteiger charge is -2.29. The normalized spacial score (nSPS) is 19.5. The Labute approximate surface area is 164 Å². The molecule has 1 aliphatic rings. The van der Waals surface area contributed by atoms with E-state index >= 15 is 0 Å². The first-order valence-electron chi connectivity index (χ1n) is 9.07. The third kappa shape index (κ3) is 7.46. The van der Waals surface area contributed by atoms with E-state index in [1.54, 1.807) is 17.8 Å².